The third-order valence-electron chi connectivity index (χ3n) is 5.38. The third-order valence-corrected chi connectivity index (χ3v) is 6.85. The summed E-state index contributed by atoms with van der Waals surface area (Å²) in [6, 6.07) is 10.7. The molecule has 1 atom stereocenters. The summed E-state index contributed by atoms with van der Waals surface area (Å²) in [5.74, 6) is -1.71. The fourth-order valence-electron chi connectivity index (χ4n) is 3.60. The van der Waals surface area contributed by atoms with Gasteiger partial charge in [0.25, 0.3) is 0 Å². The number of carbonyl (C=O) groups excluding carboxylic acids is 1. The Labute approximate surface area is 190 Å². The number of nitrogens with one attached hydrogen (secondary N) is 1. The number of amides is 1. The van der Waals surface area contributed by atoms with Crippen LogP contribution >= 0.6 is 0 Å². The van der Waals surface area contributed by atoms with Crippen molar-refractivity contribution in [3.63, 3.8) is 0 Å². The number of hydrogen-bond acceptors (Lipinski definition) is 4. The van der Waals surface area contributed by atoms with Crippen LogP contribution in [0.2, 0.25) is 0 Å². The van der Waals surface area contributed by atoms with Gasteiger partial charge < -0.3 is 10.0 Å². The quantitative estimate of drug-likeness (QED) is 0.410. The smallest absolute Gasteiger partial charge is 0.305 e. The molecule has 2 aromatic carbocycles. The molecule has 32 heavy (non-hydrogen) atoms. The minimum atomic E-state index is -4.09. The molecule has 8 heteroatoms. The zero-order chi connectivity index (χ0) is 23.6. The van der Waals surface area contributed by atoms with Crippen molar-refractivity contribution in [1.29, 1.82) is 0 Å². The van der Waals surface area contributed by atoms with Crippen LogP contribution in [0, 0.1) is 0 Å². The molecule has 0 aromatic heterocycles. The Balaban J connectivity index is 2.26. The summed E-state index contributed by atoms with van der Waals surface area (Å²) < 4.78 is 28.4. The maximum Gasteiger partial charge on any atom is 0.305 e. The Bertz CT molecular complexity index is 996. The molecule has 0 aliphatic rings. The lowest BCUT2D eigenvalue weighted by Gasteiger charge is -2.27. The number of fused-ring (bicyclic) bond motifs is 1. The molecule has 0 radical (unpaired) electrons. The number of nitrogens with zero attached hydrogens (tertiary/aromatic N) is 1. The van der Waals surface area contributed by atoms with Crippen LogP contribution in [0.25, 0.3) is 10.8 Å². The Morgan fingerprint density at radius 3 is 2.09 bits per heavy atom. The number of sulfonamides is 1. The van der Waals surface area contributed by atoms with Crippen molar-refractivity contribution in [3.05, 3.63) is 42.5 Å². The van der Waals surface area contributed by atoms with Crippen molar-refractivity contribution in [2.45, 2.75) is 69.7 Å². The second-order valence-electron chi connectivity index (χ2n) is 8.02. The van der Waals surface area contributed by atoms with Gasteiger partial charge in [0, 0.05) is 13.1 Å². The minimum Gasteiger partial charge on any atom is -0.481 e. The van der Waals surface area contributed by atoms with Crippen molar-refractivity contribution in [1.82, 2.24) is 9.62 Å². The van der Waals surface area contributed by atoms with E-state index in [0.29, 0.717) is 13.1 Å². The van der Waals surface area contributed by atoms with Crippen LogP contribution in [0.3, 0.4) is 0 Å². The van der Waals surface area contributed by atoms with E-state index >= 15 is 0 Å². The van der Waals surface area contributed by atoms with Gasteiger partial charge in [0.15, 0.2) is 0 Å². The fourth-order valence-corrected chi connectivity index (χ4v) is 4.83. The maximum absolute atomic E-state index is 13.2. The molecule has 176 valence electrons. The van der Waals surface area contributed by atoms with Gasteiger partial charge in [-0.3, -0.25) is 9.59 Å². The fraction of sp³-hybridized carbons (Fsp3) is 0.500. The Morgan fingerprint density at radius 1 is 0.938 bits per heavy atom. The first kappa shape index (κ1) is 25.8. The molecule has 0 heterocycles. The number of unbranched alkanes of at least 4 members (excludes halogenated alkanes) is 4. The highest BCUT2D eigenvalue weighted by Crippen LogP contribution is 2.20. The lowest BCUT2D eigenvalue weighted by atomic mass is 10.1. The molecule has 2 N–H and O–H groups in total. The molecule has 2 rings (SSSR count). The van der Waals surface area contributed by atoms with Gasteiger partial charge in [-0.1, -0.05) is 69.9 Å². The molecule has 7 nitrogen and oxygen atoms in total. The van der Waals surface area contributed by atoms with Gasteiger partial charge in [-0.2, -0.15) is 4.72 Å². The van der Waals surface area contributed by atoms with E-state index in [1.165, 1.54) is 12.1 Å². The first-order valence-corrected chi connectivity index (χ1v) is 12.8. The molecule has 0 aliphatic carbocycles. The second kappa shape index (κ2) is 12.6. The van der Waals surface area contributed by atoms with E-state index in [4.69, 9.17) is 0 Å². The van der Waals surface area contributed by atoms with E-state index in [-0.39, 0.29) is 4.90 Å². The summed E-state index contributed by atoms with van der Waals surface area (Å²) in [6.07, 6.45) is 4.86. The summed E-state index contributed by atoms with van der Waals surface area (Å²) in [4.78, 5) is 26.3. The van der Waals surface area contributed by atoms with E-state index in [2.05, 4.69) is 18.6 Å². The lowest BCUT2D eigenvalue weighted by molar-refractivity contribution is -0.142. The molecule has 2 aromatic rings. The molecule has 0 unspecified atom stereocenters. The molecule has 0 spiro atoms. The lowest BCUT2D eigenvalue weighted by Crippen LogP contribution is -2.50. The van der Waals surface area contributed by atoms with Crippen molar-refractivity contribution >= 4 is 32.7 Å². The minimum absolute atomic E-state index is 0.00269. The number of rotatable bonds is 14. The average Bonchev–Trinajstić information content (AvgIpc) is 2.76. The number of carboxylic acid groups (broad SMARTS) is 1. The number of hydrogen-bond donors (Lipinski definition) is 2. The molecule has 0 bridgehead atoms. The van der Waals surface area contributed by atoms with Gasteiger partial charge in [0.05, 0.1) is 11.3 Å². The maximum atomic E-state index is 13.2. The molecule has 0 fully saturated rings. The van der Waals surface area contributed by atoms with Crippen LogP contribution < -0.4 is 4.72 Å². The number of benzene rings is 2. The average molecular weight is 463 g/mol. The highest BCUT2D eigenvalue weighted by molar-refractivity contribution is 7.89. The Morgan fingerprint density at radius 2 is 1.53 bits per heavy atom. The summed E-state index contributed by atoms with van der Waals surface area (Å²) in [5, 5.41) is 11.0. The number of carboxylic acids is 1. The van der Waals surface area contributed by atoms with E-state index in [1.807, 2.05) is 18.2 Å². The van der Waals surface area contributed by atoms with E-state index in [9.17, 15) is 23.1 Å². The largest absolute Gasteiger partial charge is 0.481 e. The van der Waals surface area contributed by atoms with Gasteiger partial charge in [0.1, 0.15) is 6.04 Å². The SMILES string of the molecule is CCCCCN(CCCCC)C(=O)[C@H](CC(=O)O)NS(=O)(=O)c1ccc2ccccc2c1. The zero-order valence-corrected chi connectivity index (χ0v) is 19.7. The second-order valence-corrected chi connectivity index (χ2v) is 9.73. The predicted molar refractivity (Wildman–Crippen MR) is 126 cm³/mol. The standard InChI is InChI=1S/C24H34N2O5S/c1-3-5-9-15-26(16-10-6-4-2)24(29)22(18-23(27)28)25-32(30,31)21-14-13-19-11-7-8-12-20(19)17-21/h7-8,11-14,17,22,25H,3-6,9-10,15-16,18H2,1-2H3,(H,27,28)/t22-/m0/s1. The van der Waals surface area contributed by atoms with Gasteiger partial charge in [-0.25, -0.2) is 8.42 Å². The highest BCUT2D eigenvalue weighted by atomic mass is 32.2. The van der Waals surface area contributed by atoms with E-state index in [1.54, 1.807) is 17.0 Å². The monoisotopic (exact) mass is 462 g/mol. The van der Waals surface area contributed by atoms with Gasteiger partial charge in [0.2, 0.25) is 15.9 Å². The Hall–Kier alpha value is -2.45. The summed E-state index contributed by atoms with van der Waals surface area (Å²) >= 11 is 0. The summed E-state index contributed by atoms with van der Waals surface area (Å²) in [7, 11) is -4.09. The number of carbonyl (C=O) groups is 2. The predicted octanol–water partition coefficient (Wildman–Crippen LogP) is 4.17. The normalized spacial score (nSPS) is 12.6. The molecular weight excluding hydrogens is 428 g/mol. The molecule has 0 saturated heterocycles. The topological polar surface area (TPSA) is 104 Å². The van der Waals surface area contributed by atoms with Crippen molar-refractivity contribution in [2.75, 3.05) is 13.1 Å². The van der Waals surface area contributed by atoms with E-state index in [0.717, 1.165) is 49.3 Å². The van der Waals surface area contributed by atoms with Crippen LogP contribution in [-0.2, 0) is 19.6 Å². The van der Waals surface area contributed by atoms with E-state index < -0.39 is 34.4 Å². The van der Waals surface area contributed by atoms with Crippen molar-refractivity contribution in [3.8, 4) is 0 Å². The number of aliphatic carboxylic acids is 1. The Kier molecular flexibility index (Phi) is 10.1. The first-order chi connectivity index (χ1) is 15.3. The molecule has 0 aliphatic heterocycles. The van der Waals surface area contributed by atoms with Crippen LogP contribution in [0.4, 0.5) is 0 Å². The van der Waals surface area contributed by atoms with Crippen LogP contribution in [0.5, 0.6) is 0 Å². The third kappa shape index (κ3) is 7.60. The first-order valence-electron chi connectivity index (χ1n) is 11.3. The highest BCUT2D eigenvalue weighted by Gasteiger charge is 2.31. The molecular formula is C24H34N2O5S. The van der Waals surface area contributed by atoms with Gasteiger partial charge in [-0.05, 0) is 35.7 Å². The van der Waals surface area contributed by atoms with Gasteiger partial charge >= 0.3 is 5.97 Å². The molecule has 0 saturated carbocycles. The van der Waals surface area contributed by atoms with Crippen molar-refractivity contribution in [2.24, 2.45) is 0 Å². The van der Waals surface area contributed by atoms with Crippen LogP contribution in [0.15, 0.2) is 47.4 Å². The van der Waals surface area contributed by atoms with Crippen LogP contribution in [0.1, 0.15) is 58.8 Å². The summed E-state index contributed by atoms with van der Waals surface area (Å²) in [5.41, 5.74) is 0. The zero-order valence-electron chi connectivity index (χ0n) is 18.9. The molecule has 1 amide bonds. The van der Waals surface area contributed by atoms with Crippen molar-refractivity contribution < 1.29 is 23.1 Å². The van der Waals surface area contributed by atoms with Crippen LogP contribution in [-0.4, -0.2) is 49.4 Å². The summed E-state index contributed by atoms with van der Waals surface area (Å²) in [6.45, 7) is 5.11. The van der Waals surface area contributed by atoms with Gasteiger partial charge in [-0.15, -0.1) is 0 Å².